The van der Waals surface area contributed by atoms with Crippen LogP contribution in [0.3, 0.4) is 0 Å². The summed E-state index contributed by atoms with van der Waals surface area (Å²) >= 11 is 2.28. The SMILES string of the molecule is Ic1ccc(Nc2ncc[nH]2)cc1. The van der Waals surface area contributed by atoms with Crippen LogP contribution in [0, 0.1) is 3.57 Å². The molecule has 2 N–H and O–H groups in total. The number of imidazole rings is 1. The number of anilines is 2. The second-order valence-corrected chi connectivity index (χ2v) is 3.82. The summed E-state index contributed by atoms with van der Waals surface area (Å²) in [4.78, 5) is 7.04. The molecular weight excluding hydrogens is 277 g/mol. The number of nitrogens with zero attached hydrogens (tertiary/aromatic N) is 1. The molecular formula is C9H8IN3. The zero-order valence-corrected chi connectivity index (χ0v) is 8.95. The van der Waals surface area contributed by atoms with Gasteiger partial charge in [-0.1, -0.05) is 0 Å². The number of halogens is 1. The Balaban J connectivity index is 2.15. The van der Waals surface area contributed by atoms with Gasteiger partial charge in [-0.15, -0.1) is 0 Å². The fraction of sp³-hybridized carbons (Fsp3) is 0. The summed E-state index contributed by atoms with van der Waals surface area (Å²) in [6, 6.07) is 8.13. The van der Waals surface area contributed by atoms with Gasteiger partial charge in [-0.3, -0.25) is 0 Å². The van der Waals surface area contributed by atoms with Crippen LogP contribution in [0.5, 0.6) is 0 Å². The minimum Gasteiger partial charge on any atom is -0.331 e. The average Bonchev–Trinajstić information content (AvgIpc) is 2.62. The summed E-state index contributed by atoms with van der Waals surface area (Å²) in [7, 11) is 0. The quantitative estimate of drug-likeness (QED) is 0.833. The van der Waals surface area contributed by atoms with Crippen molar-refractivity contribution < 1.29 is 0 Å². The molecule has 3 nitrogen and oxygen atoms in total. The molecule has 1 aromatic carbocycles. The highest BCUT2D eigenvalue weighted by Gasteiger charge is 1.94. The van der Waals surface area contributed by atoms with Gasteiger partial charge in [0.05, 0.1) is 0 Å². The van der Waals surface area contributed by atoms with Gasteiger partial charge in [-0.2, -0.15) is 0 Å². The zero-order chi connectivity index (χ0) is 9.10. The van der Waals surface area contributed by atoms with E-state index in [9.17, 15) is 0 Å². The van der Waals surface area contributed by atoms with E-state index in [2.05, 4.69) is 37.9 Å². The van der Waals surface area contributed by atoms with Crippen molar-refractivity contribution >= 4 is 34.2 Å². The monoisotopic (exact) mass is 285 g/mol. The molecule has 0 radical (unpaired) electrons. The number of nitrogens with one attached hydrogen (secondary N) is 2. The fourth-order valence-corrected chi connectivity index (χ4v) is 1.36. The smallest absolute Gasteiger partial charge is 0.204 e. The van der Waals surface area contributed by atoms with Crippen molar-refractivity contribution in [2.45, 2.75) is 0 Å². The van der Waals surface area contributed by atoms with E-state index in [4.69, 9.17) is 0 Å². The Labute approximate surface area is 89.7 Å². The maximum absolute atomic E-state index is 4.07. The Morgan fingerprint density at radius 3 is 2.62 bits per heavy atom. The number of aromatic amines is 1. The molecule has 0 saturated heterocycles. The number of hydrogen-bond donors (Lipinski definition) is 2. The number of hydrogen-bond acceptors (Lipinski definition) is 2. The normalized spacial score (nSPS) is 9.92. The number of rotatable bonds is 2. The molecule has 1 heterocycles. The first-order valence-corrected chi connectivity index (χ1v) is 4.94. The van der Waals surface area contributed by atoms with Crippen LogP contribution in [0.15, 0.2) is 36.7 Å². The molecule has 0 saturated carbocycles. The molecule has 13 heavy (non-hydrogen) atoms. The standard InChI is InChI=1S/C9H8IN3/c10-7-1-3-8(4-2-7)13-9-11-5-6-12-9/h1-6H,(H2,11,12,13). The summed E-state index contributed by atoms with van der Waals surface area (Å²) in [6.45, 7) is 0. The summed E-state index contributed by atoms with van der Waals surface area (Å²) in [5.41, 5.74) is 1.04. The Morgan fingerprint density at radius 2 is 2.00 bits per heavy atom. The van der Waals surface area contributed by atoms with Crippen LogP contribution in [-0.2, 0) is 0 Å². The van der Waals surface area contributed by atoms with E-state index in [-0.39, 0.29) is 0 Å². The molecule has 0 fully saturated rings. The van der Waals surface area contributed by atoms with Gasteiger partial charge < -0.3 is 10.3 Å². The highest BCUT2D eigenvalue weighted by Crippen LogP contribution is 2.14. The molecule has 0 atom stereocenters. The van der Waals surface area contributed by atoms with Gasteiger partial charge in [0.1, 0.15) is 0 Å². The predicted molar refractivity (Wildman–Crippen MR) is 61.0 cm³/mol. The van der Waals surface area contributed by atoms with Crippen LogP contribution < -0.4 is 5.32 Å². The molecule has 0 amide bonds. The second kappa shape index (κ2) is 3.78. The average molecular weight is 285 g/mol. The Morgan fingerprint density at radius 1 is 1.23 bits per heavy atom. The molecule has 2 rings (SSSR count). The lowest BCUT2D eigenvalue weighted by Crippen LogP contribution is -1.91. The van der Waals surface area contributed by atoms with Crippen molar-refractivity contribution in [3.63, 3.8) is 0 Å². The van der Waals surface area contributed by atoms with Crippen LogP contribution in [0.4, 0.5) is 11.6 Å². The lowest BCUT2D eigenvalue weighted by Gasteiger charge is -2.01. The van der Waals surface area contributed by atoms with E-state index < -0.39 is 0 Å². The number of H-pyrrole nitrogens is 1. The van der Waals surface area contributed by atoms with E-state index in [1.807, 2.05) is 24.3 Å². The lowest BCUT2D eigenvalue weighted by molar-refractivity contribution is 1.29. The summed E-state index contributed by atoms with van der Waals surface area (Å²) in [5.74, 6) is 0.765. The van der Waals surface area contributed by atoms with Gasteiger partial charge in [-0.25, -0.2) is 4.98 Å². The molecule has 0 aliphatic heterocycles. The first-order valence-electron chi connectivity index (χ1n) is 3.86. The van der Waals surface area contributed by atoms with Gasteiger partial charge in [0, 0.05) is 21.7 Å². The van der Waals surface area contributed by atoms with E-state index in [0.717, 1.165) is 11.6 Å². The van der Waals surface area contributed by atoms with Crippen LogP contribution in [-0.4, -0.2) is 9.97 Å². The minimum atomic E-state index is 0.765. The third-order valence-electron chi connectivity index (χ3n) is 1.61. The van der Waals surface area contributed by atoms with Gasteiger partial charge in [-0.05, 0) is 46.9 Å². The molecule has 0 bridgehead atoms. The number of benzene rings is 1. The lowest BCUT2D eigenvalue weighted by atomic mass is 10.3. The van der Waals surface area contributed by atoms with Crippen molar-refractivity contribution in [3.8, 4) is 0 Å². The van der Waals surface area contributed by atoms with E-state index in [1.54, 1.807) is 12.4 Å². The second-order valence-electron chi connectivity index (χ2n) is 2.57. The van der Waals surface area contributed by atoms with Gasteiger partial charge >= 0.3 is 0 Å². The molecule has 0 unspecified atom stereocenters. The van der Waals surface area contributed by atoms with Gasteiger partial charge in [0.2, 0.25) is 5.95 Å². The molecule has 0 aliphatic carbocycles. The largest absolute Gasteiger partial charge is 0.331 e. The van der Waals surface area contributed by atoms with Crippen molar-refractivity contribution in [2.24, 2.45) is 0 Å². The van der Waals surface area contributed by atoms with Crippen LogP contribution in [0.1, 0.15) is 0 Å². The molecule has 4 heteroatoms. The van der Waals surface area contributed by atoms with E-state index in [1.165, 1.54) is 3.57 Å². The van der Waals surface area contributed by atoms with Crippen LogP contribution in [0.25, 0.3) is 0 Å². The predicted octanol–water partition coefficient (Wildman–Crippen LogP) is 2.76. The summed E-state index contributed by atoms with van der Waals surface area (Å²) < 4.78 is 1.22. The maximum atomic E-state index is 4.07. The fourth-order valence-electron chi connectivity index (χ4n) is 1.00. The first-order chi connectivity index (χ1) is 6.34. The zero-order valence-electron chi connectivity index (χ0n) is 6.79. The Hall–Kier alpha value is -1.04. The third-order valence-corrected chi connectivity index (χ3v) is 2.32. The number of aromatic nitrogens is 2. The summed E-state index contributed by atoms with van der Waals surface area (Å²) in [6.07, 6.45) is 3.50. The topological polar surface area (TPSA) is 40.7 Å². The van der Waals surface area contributed by atoms with E-state index >= 15 is 0 Å². The van der Waals surface area contributed by atoms with Gasteiger partial charge in [0.15, 0.2) is 0 Å². The first kappa shape index (κ1) is 8.55. The van der Waals surface area contributed by atoms with Crippen LogP contribution >= 0.6 is 22.6 Å². The molecule has 1 aromatic heterocycles. The highest BCUT2D eigenvalue weighted by atomic mass is 127. The van der Waals surface area contributed by atoms with Crippen molar-refractivity contribution in [3.05, 3.63) is 40.2 Å². The van der Waals surface area contributed by atoms with E-state index in [0.29, 0.717) is 0 Å². The van der Waals surface area contributed by atoms with Gasteiger partial charge in [0.25, 0.3) is 0 Å². The minimum absolute atomic E-state index is 0.765. The highest BCUT2D eigenvalue weighted by molar-refractivity contribution is 14.1. The molecule has 66 valence electrons. The van der Waals surface area contributed by atoms with Crippen LogP contribution in [0.2, 0.25) is 0 Å². The molecule has 0 spiro atoms. The van der Waals surface area contributed by atoms with Crippen molar-refractivity contribution in [2.75, 3.05) is 5.32 Å². The Bertz CT molecular complexity index is 366. The molecule has 0 aliphatic rings. The third kappa shape index (κ3) is 2.21. The maximum Gasteiger partial charge on any atom is 0.204 e. The molecule has 2 aromatic rings. The van der Waals surface area contributed by atoms with Crippen molar-refractivity contribution in [1.82, 2.24) is 9.97 Å². The summed E-state index contributed by atoms with van der Waals surface area (Å²) in [5, 5.41) is 3.14. The van der Waals surface area contributed by atoms with Crippen molar-refractivity contribution in [1.29, 1.82) is 0 Å². The Kier molecular flexibility index (Phi) is 2.49.